The molecule has 0 radical (unpaired) electrons. The van der Waals surface area contributed by atoms with Crippen molar-refractivity contribution in [3.63, 3.8) is 0 Å². The second-order valence-electron chi connectivity index (χ2n) is 3.93. The van der Waals surface area contributed by atoms with Crippen LogP contribution in [0.15, 0.2) is 23.1 Å². The van der Waals surface area contributed by atoms with Crippen LogP contribution < -0.4 is 0 Å². The van der Waals surface area contributed by atoms with Gasteiger partial charge in [0.05, 0.1) is 18.1 Å². The third kappa shape index (κ3) is 3.97. The summed E-state index contributed by atoms with van der Waals surface area (Å²) in [6, 6.07) is 3.36. The van der Waals surface area contributed by atoms with E-state index in [9.17, 15) is 12.8 Å². The summed E-state index contributed by atoms with van der Waals surface area (Å²) in [5, 5.41) is 8.95. The van der Waals surface area contributed by atoms with Gasteiger partial charge in [-0.05, 0) is 25.1 Å². The lowest BCUT2D eigenvalue weighted by molar-refractivity contribution is 0.138. The molecule has 0 heterocycles. The number of likely N-dealkylation sites (N-methyl/N-ethyl adjacent to an activating group) is 1. The van der Waals surface area contributed by atoms with Gasteiger partial charge < -0.3 is 9.84 Å². The summed E-state index contributed by atoms with van der Waals surface area (Å²) in [5.74, 6) is -0.626. The van der Waals surface area contributed by atoms with Crippen molar-refractivity contribution in [2.45, 2.75) is 18.4 Å². The molecule has 1 aromatic carbocycles. The Bertz CT molecular complexity index is 518. The highest BCUT2D eigenvalue weighted by atomic mass is 32.2. The monoisotopic (exact) mass is 291 g/mol. The molecule has 0 bridgehead atoms. The molecule has 108 valence electrons. The van der Waals surface area contributed by atoms with E-state index in [4.69, 9.17) is 9.84 Å². The zero-order valence-corrected chi connectivity index (χ0v) is 11.8. The van der Waals surface area contributed by atoms with Crippen molar-refractivity contribution in [2.75, 3.05) is 26.8 Å². The van der Waals surface area contributed by atoms with Gasteiger partial charge in [0.1, 0.15) is 5.82 Å². The van der Waals surface area contributed by atoms with E-state index in [1.165, 1.54) is 13.1 Å². The maximum absolute atomic E-state index is 13.2. The normalized spacial score (nSPS) is 12.1. The molecule has 0 spiro atoms. The number of rotatable bonds is 7. The molecule has 0 saturated carbocycles. The molecule has 0 saturated heterocycles. The zero-order valence-electron chi connectivity index (χ0n) is 11.0. The predicted molar refractivity (Wildman–Crippen MR) is 68.6 cm³/mol. The molecule has 0 aromatic heterocycles. The summed E-state index contributed by atoms with van der Waals surface area (Å²) >= 11 is 0. The number of sulfonamides is 1. The van der Waals surface area contributed by atoms with E-state index in [-0.39, 0.29) is 17.0 Å². The Hall–Kier alpha value is -1.02. The minimum atomic E-state index is -3.69. The van der Waals surface area contributed by atoms with E-state index in [0.717, 1.165) is 16.4 Å². The third-order valence-electron chi connectivity index (χ3n) is 2.65. The van der Waals surface area contributed by atoms with E-state index in [1.54, 1.807) is 0 Å². The van der Waals surface area contributed by atoms with Crippen LogP contribution in [0.25, 0.3) is 0 Å². The summed E-state index contributed by atoms with van der Waals surface area (Å²) < 4.78 is 43.8. The number of benzene rings is 1. The van der Waals surface area contributed by atoms with Gasteiger partial charge >= 0.3 is 0 Å². The molecule has 0 atom stereocenters. The number of halogens is 1. The number of nitrogens with zero attached hydrogens (tertiary/aromatic N) is 1. The van der Waals surface area contributed by atoms with Crippen molar-refractivity contribution < 1.29 is 22.7 Å². The van der Waals surface area contributed by atoms with Crippen molar-refractivity contribution in [2.24, 2.45) is 0 Å². The third-order valence-corrected chi connectivity index (χ3v) is 4.50. The Labute approximate surface area is 112 Å². The van der Waals surface area contributed by atoms with Crippen LogP contribution in [0, 0.1) is 5.82 Å². The SMILES string of the molecule is CCOCCN(C)S(=O)(=O)c1ccc(F)c(CO)c1. The van der Waals surface area contributed by atoms with E-state index in [2.05, 4.69) is 0 Å². The van der Waals surface area contributed by atoms with Crippen LogP contribution in [0.1, 0.15) is 12.5 Å². The van der Waals surface area contributed by atoms with Crippen molar-refractivity contribution in [3.8, 4) is 0 Å². The molecule has 0 aliphatic carbocycles. The first-order valence-corrected chi connectivity index (χ1v) is 7.30. The molecule has 0 amide bonds. The van der Waals surface area contributed by atoms with Gasteiger partial charge in [0.2, 0.25) is 10.0 Å². The first-order chi connectivity index (χ1) is 8.93. The highest BCUT2D eigenvalue weighted by molar-refractivity contribution is 7.89. The van der Waals surface area contributed by atoms with Crippen molar-refractivity contribution >= 4 is 10.0 Å². The second kappa shape index (κ2) is 6.95. The zero-order chi connectivity index (χ0) is 14.5. The van der Waals surface area contributed by atoms with Crippen molar-refractivity contribution in [3.05, 3.63) is 29.6 Å². The lowest BCUT2D eigenvalue weighted by Gasteiger charge is -2.17. The predicted octanol–water partition coefficient (Wildman–Crippen LogP) is 0.975. The van der Waals surface area contributed by atoms with E-state index in [0.29, 0.717) is 13.2 Å². The molecular formula is C12H18FNO4S. The van der Waals surface area contributed by atoms with Gasteiger partial charge in [0, 0.05) is 25.8 Å². The van der Waals surface area contributed by atoms with Crippen LogP contribution in [-0.2, 0) is 21.4 Å². The van der Waals surface area contributed by atoms with Crippen LogP contribution in [-0.4, -0.2) is 44.6 Å². The van der Waals surface area contributed by atoms with Gasteiger partial charge in [0.25, 0.3) is 0 Å². The lowest BCUT2D eigenvalue weighted by Crippen LogP contribution is -2.30. The number of hydrogen-bond donors (Lipinski definition) is 1. The van der Waals surface area contributed by atoms with E-state index >= 15 is 0 Å². The summed E-state index contributed by atoms with van der Waals surface area (Å²) in [7, 11) is -2.27. The lowest BCUT2D eigenvalue weighted by atomic mass is 10.2. The standard InChI is InChI=1S/C12H18FNO4S/c1-3-18-7-6-14(2)19(16,17)11-4-5-12(13)10(8-11)9-15/h4-5,8,15H,3,6-7,9H2,1-2H3. The smallest absolute Gasteiger partial charge is 0.242 e. The molecule has 5 nitrogen and oxygen atoms in total. The van der Waals surface area contributed by atoms with E-state index < -0.39 is 22.4 Å². The molecule has 0 aliphatic heterocycles. The molecule has 7 heteroatoms. The molecule has 0 fully saturated rings. The fraction of sp³-hybridized carbons (Fsp3) is 0.500. The van der Waals surface area contributed by atoms with Crippen LogP contribution in [0.2, 0.25) is 0 Å². The topological polar surface area (TPSA) is 66.8 Å². The Morgan fingerprint density at radius 1 is 1.42 bits per heavy atom. The Morgan fingerprint density at radius 3 is 2.68 bits per heavy atom. The first kappa shape index (κ1) is 16.0. The Kier molecular flexibility index (Phi) is 5.86. The molecule has 0 unspecified atom stereocenters. The highest BCUT2D eigenvalue weighted by Crippen LogP contribution is 2.18. The molecule has 0 aliphatic rings. The highest BCUT2D eigenvalue weighted by Gasteiger charge is 2.21. The Balaban J connectivity index is 2.93. The van der Waals surface area contributed by atoms with Gasteiger partial charge in [0.15, 0.2) is 0 Å². The molecule has 1 N–H and O–H groups in total. The maximum atomic E-state index is 13.2. The molecule has 1 aromatic rings. The number of ether oxygens (including phenoxy) is 1. The van der Waals surface area contributed by atoms with Crippen molar-refractivity contribution in [1.82, 2.24) is 4.31 Å². The second-order valence-corrected chi connectivity index (χ2v) is 5.98. The number of aliphatic hydroxyl groups is 1. The molecule has 1 rings (SSSR count). The summed E-state index contributed by atoms with van der Waals surface area (Å²) in [4.78, 5) is -0.0445. The van der Waals surface area contributed by atoms with E-state index in [1.807, 2.05) is 6.92 Å². The quantitative estimate of drug-likeness (QED) is 0.760. The molecular weight excluding hydrogens is 273 g/mol. The number of aliphatic hydroxyl groups excluding tert-OH is 1. The average Bonchev–Trinajstić information content (AvgIpc) is 2.39. The van der Waals surface area contributed by atoms with Gasteiger partial charge in [-0.2, -0.15) is 4.31 Å². The minimum absolute atomic E-state index is 0.0423. The van der Waals surface area contributed by atoms with Crippen LogP contribution in [0.4, 0.5) is 4.39 Å². The van der Waals surface area contributed by atoms with Crippen molar-refractivity contribution in [1.29, 1.82) is 0 Å². The minimum Gasteiger partial charge on any atom is -0.392 e. The van der Waals surface area contributed by atoms with Crippen LogP contribution >= 0.6 is 0 Å². The average molecular weight is 291 g/mol. The van der Waals surface area contributed by atoms with Crippen LogP contribution in [0.3, 0.4) is 0 Å². The van der Waals surface area contributed by atoms with Gasteiger partial charge in [-0.25, -0.2) is 12.8 Å². The first-order valence-electron chi connectivity index (χ1n) is 5.86. The molecule has 19 heavy (non-hydrogen) atoms. The van der Waals surface area contributed by atoms with Gasteiger partial charge in [-0.3, -0.25) is 0 Å². The Morgan fingerprint density at radius 2 is 2.11 bits per heavy atom. The van der Waals surface area contributed by atoms with Gasteiger partial charge in [-0.15, -0.1) is 0 Å². The summed E-state index contributed by atoms with van der Waals surface area (Å²) in [5.41, 5.74) is -0.0423. The summed E-state index contributed by atoms with van der Waals surface area (Å²) in [6.45, 7) is 2.29. The fourth-order valence-electron chi connectivity index (χ4n) is 1.47. The van der Waals surface area contributed by atoms with Gasteiger partial charge in [-0.1, -0.05) is 0 Å². The summed E-state index contributed by atoms with van der Waals surface area (Å²) in [6.07, 6.45) is 0. The largest absolute Gasteiger partial charge is 0.392 e. The van der Waals surface area contributed by atoms with Crippen LogP contribution in [0.5, 0.6) is 0 Å². The fourth-order valence-corrected chi connectivity index (χ4v) is 2.68. The number of hydrogen-bond acceptors (Lipinski definition) is 4. The maximum Gasteiger partial charge on any atom is 0.242 e.